The molecule has 0 aliphatic heterocycles. The molecule has 1 aromatic carbocycles. The molecular formula is C18H26BrN. The predicted molar refractivity (Wildman–Crippen MR) is 88.7 cm³/mol. The quantitative estimate of drug-likeness (QED) is 0.742. The zero-order valence-corrected chi connectivity index (χ0v) is 14.0. The van der Waals surface area contributed by atoms with Gasteiger partial charge in [0.15, 0.2) is 0 Å². The summed E-state index contributed by atoms with van der Waals surface area (Å²) < 4.78 is 1.20. The number of hydrogen-bond acceptors (Lipinski definition) is 1. The summed E-state index contributed by atoms with van der Waals surface area (Å²) in [7, 11) is 0. The highest BCUT2D eigenvalue weighted by atomic mass is 79.9. The van der Waals surface area contributed by atoms with Crippen LogP contribution in [-0.4, -0.2) is 6.54 Å². The van der Waals surface area contributed by atoms with Crippen molar-refractivity contribution in [3.63, 3.8) is 0 Å². The van der Waals surface area contributed by atoms with Crippen molar-refractivity contribution in [2.45, 2.75) is 51.5 Å². The third-order valence-corrected chi connectivity index (χ3v) is 5.81. The molecule has 0 radical (unpaired) electrons. The zero-order valence-electron chi connectivity index (χ0n) is 12.4. The molecule has 2 heteroatoms. The van der Waals surface area contributed by atoms with Crippen molar-refractivity contribution < 1.29 is 0 Å². The van der Waals surface area contributed by atoms with Crippen LogP contribution in [0.2, 0.25) is 0 Å². The summed E-state index contributed by atoms with van der Waals surface area (Å²) in [6, 6.07) is 9.40. The topological polar surface area (TPSA) is 12.0 Å². The Labute approximate surface area is 131 Å². The molecule has 1 N–H and O–H groups in total. The summed E-state index contributed by atoms with van der Waals surface area (Å²) >= 11 is 3.62. The summed E-state index contributed by atoms with van der Waals surface area (Å²) in [4.78, 5) is 0. The minimum Gasteiger partial charge on any atom is -0.310 e. The number of benzene rings is 1. The first-order chi connectivity index (χ1) is 9.76. The minimum absolute atomic E-state index is 0.539. The molecule has 1 aromatic rings. The van der Waals surface area contributed by atoms with E-state index in [9.17, 15) is 0 Å². The molecule has 0 heterocycles. The zero-order chi connectivity index (χ0) is 13.9. The first kappa shape index (κ1) is 14.6. The minimum atomic E-state index is 0.539. The monoisotopic (exact) mass is 335 g/mol. The Hall–Kier alpha value is -0.340. The van der Waals surface area contributed by atoms with E-state index in [0.717, 1.165) is 24.3 Å². The van der Waals surface area contributed by atoms with Crippen LogP contribution in [0, 0.1) is 17.8 Å². The van der Waals surface area contributed by atoms with Gasteiger partial charge < -0.3 is 5.32 Å². The average Bonchev–Trinajstić information content (AvgIpc) is 3.06. The summed E-state index contributed by atoms with van der Waals surface area (Å²) in [5.74, 6) is 3.04. The fraction of sp³-hybridized carbons (Fsp3) is 0.667. The fourth-order valence-electron chi connectivity index (χ4n) is 4.35. The second-order valence-electron chi connectivity index (χ2n) is 6.73. The third kappa shape index (κ3) is 3.28. The average molecular weight is 336 g/mol. The maximum absolute atomic E-state index is 3.78. The Morgan fingerprint density at radius 3 is 2.85 bits per heavy atom. The van der Waals surface area contributed by atoms with E-state index >= 15 is 0 Å². The molecule has 2 fully saturated rings. The van der Waals surface area contributed by atoms with Crippen molar-refractivity contribution in [3.8, 4) is 0 Å². The second kappa shape index (κ2) is 6.62. The van der Waals surface area contributed by atoms with E-state index in [1.807, 2.05) is 0 Å². The Bertz CT molecular complexity index is 445. The highest BCUT2D eigenvalue weighted by Crippen LogP contribution is 2.51. The third-order valence-electron chi connectivity index (χ3n) is 5.31. The van der Waals surface area contributed by atoms with E-state index in [1.54, 1.807) is 0 Å². The van der Waals surface area contributed by atoms with Gasteiger partial charge in [0.25, 0.3) is 0 Å². The van der Waals surface area contributed by atoms with Crippen molar-refractivity contribution in [1.29, 1.82) is 0 Å². The SMILES string of the molecule is CCCNC(CC1CC2CCC1C2)c1cccc(Br)c1. The lowest BCUT2D eigenvalue weighted by atomic mass is 9.82. The predicted octanol–water partition coefficient (Wildman–Crippen LogP) is 5.32. The lowest BCUT2D eigenvalue weighted by Crippen LogP contribution is -2.26. The molecule has 2 aliphatic rings. The second-order valence-corrected chi connectivity index (χ2v) is 7.65. The molecule has 2 aliphatic carbocycles. The van der Waals surface area contributed by atoms with Gasteiger partial charge in [-0.2, -0.15) is 0 Å². The van der Waals surface area contributed by atoms with Crippen molar-refractivity contribution in [3.05, 3.63) is 34.3 Å². The van der Waals surface area contributed by atoms with E-state index in [4.69, 9.17) is 0 Å². The molecule has 0 saturated heterocycles. The van der Waals surface area contributed by atoms with Crippen molar-refractivity contribution in [2.75, 3.05) is 6.54 Å². The Morgan fingerprint density at radius 1 is 1.30 bits per heavy atom. The Kier molecular flexibility index (Phi) is 4.83. The molecule has 0 amide bonds. The molecule has 0 aromatic heterocycles. The van der Waals surface area contributed by atoms with Gasteiger partial charge in [-0.05, 0) is 74.1 Å². The van der Waals surface area contributed by atoms with Crippen LogP contribution in [0.15, 0.2) is 28.7 Å². The Balaban J connectivity index is 1.69. The largest absolute Gasteiger partial charge is 0.310 e. The summed E-state index contributed by atoms with van der Waals surface area (Å²) in [6.45, 7) is 3.38. The maximum Gasteiger partial charge on any atom is 0.0323 e. The summed E-state index contributed by atoms with van der Waals surface area (Å²) in [5.41, 5.74) is 1.45. The smallest absolute Gasteiger partial charge is 0.0323 e. The molecule has 0 spiro atoms. The van der Waals surface area contributed by atoms with Crippen molar-refractivity contribution in [2.24, 2.45) is 17.8 Å². The van der Waals surface area contributed by atoms with Gasteiger partial charge in [0, 0.05) is 10.5 Å². The molecule has 2 saturated carbocycles. The van der Waals surface area contributed by atoms with Gasteiger partial charge in [-0.25, -0.2) is 0 Å². The molecule has 20 heavy (non-hydrogen) atoms. The van der Waals surface area contributed by atoms with Gasteiger partial charge in [-0.15, -0.1) is 0 Å². The normalized spacial score (nSPS) is 29.8. The number of hydrogen-bond donors (Lipinski definition) is 1. The first-order valence-electron chi connectivity index (χ1n) is 8.25. The van der Waals surface area contributed by atoms with Crippen LogP contribution in [0.3, 0.4) is 0 Å². The van der Waals surface area contributed by atoms with Gasteiger partial charge >= 0.3 is 0 Å². The first-order valence-corrected chi connectivity index (χ1v) is 9.04. The lowest BCUT2D eigenvalue weighted by molar-refractivity contribution is 0.279. The fourth-order valence-corrected chi connectivity index (χ4v) is 4.76. The van der Waals surface area contributed by atoms with E-state index in [-0.39, 0.29) is 0 Å². The van der Waals surface area contributed by atoms with Crippen LogP contribution in [0.25, 0.3) is 0 Å². The maximum atomic E-state index is 3.78. The lowest BCUT2D eigenvalue weighted by Gasteiger charge is -2.28. The van der Waals surface area contributed by atoms with Gasteiger partial charge in [0.1, 0.15) is 0 Å². The van der Waals surface area contributed by atoms with E-state index in [0.29, 0.717) is 6.04 Å². The number of halogens is 1. The van der Waals surface area contributed by atoms with Gasteiger partial charge in [0.05, 0.1) is 0 Å². The molecule has 3 rings (SSSR count). The van der Waals surface area contributed by atoms with Crippen LogP contribution in [-0.2, 0) is 0 Å². The van der Waals surface area contributed by atoms with Crippen LogP contribution in [0.1, 0.15) is 57.1 Å². The van der Waals surface area contributed by atoms with Crippen LogP contribution < -0.4 is 5.32 Å². The van der Waals surface area contributed by atoms with Crippen LogP contribution in [0.4, 0.5) is 0 Å². The van der Waals surface area contributed by atoms with E-state index in [1.165, 1.54) is 48.6 Å². The Morgan fingerprint density at radius 2 is 2.20 bits per heavy atom. The molecule has 110 valence electrons. The molecule has 2 bridgehead atoms. The summed E-state index contributed by atoms with van der Waals surface area (Å²) in [5, 5.41) is 3.78. The van der Waals surface area contributed by atoms with Gasteiger partial charge in [-0.3, -0.25) is 0 Å². The van der Waals surface area contributed by atoms with Gasteiger partial charge in [-0.1, -0.05) is 41.4 Å². The van der Waals surface area contributed by atoms with Crippen molar-refractivity contribution >= 4 is 15.9 Å². The standard InChI is InChI=1S/C18H26BrN/c1-2-8-20-18(15-4-3-5-17(19)11-15)12-16-10-13-6-7-14(16)9-13/h3-5,11,13-14,16,18,20H,2,6-10,12H2,1H3. The molecular weight excluding hydrogens is 310 g/mol. The van der Waals surface area contributed by atoms with Gasteiger partial charge in [0.2, 0.25) is 0 Å². The van der Waals surface area contributed by atoms with E-state index in [2.05, 4.69) is 52.4 Å². The highest BCUT2D eigenvalue weighted by molar-refractivity contribution is 9.10. The number of fused-ring (bicyclic) bond motifs is 2. The summed E-state index contributed by atoms with van der Waals surface area (Å²) in [6.07, 6.45) is 8.55. The molecule has 1 nitrogen and oxygen atoms in total. The molecule has 4 atom stereocenters. The van der Waals surface area contributed by atoms with E-state index < -0.39 is 0 Å². The van der Waals surface area contributed by atoms with Crippen LogP contribution >= 0.6 is 15.9 Å². The number of rotatable bonds is 6. The molecule has 4 unspecified atom stereocenters. The number of nitrogens with one attached hydrogen (secondary N) is 1. The highest BCUT2D eigenvalue weighted by Gasteiger charge is 2.40. The van der Waals surface area contributed by atoms with Crippen LogP contribution in [0.5, 0.6) is 0 Å². The van der Waals surface area contributed by atoms with Crippen molar-refractivity contribution in [1.82, 2.24) is 5.32 Å².